The fourth-order valence-electron chi connectivity index (χ4n) is 4.80. The molecule has 0 aliphatic heterocycles. The molecule has 31 heavy (non-hydrogen) atoms. The first-order chi connectivity index (χ1) is 15.2. The van der Waals surface area contributed by atoms with E-state index in [9.17, 15) is 0 Å². The second kappa shape index (κ2) is 26.2. The van der Waals surface area contributed by atoms with Gasteiger partial charge in [0, 0.05) is 0 Å². The first-order valence-electron chi connectivity index (χ1n) is 14.9. The van der Waals surface area contributed by atoms with Gasteiger partial charge in [-0.25, -0.2) is 0 Å². The Morgan fingerprint density at radius 1 is 0.419 bits per heavy atom. The van der Waals surface area contributed by atoms with E-state index in [2.05, 4.69) is 32.7 Å². The van der Waals surface area contributed by atoms with Crippen LogP contribution >= 0.6 is 0 Å². The number of hydrogen-bond donors (Lipinski definition) is 0. The molecule has 0 aliphatic rings. The average molecular weight is 438 g/mol. The van der Waals surface area contributed by atoms with Crippen molar-refractivity contribution in [3.05, 3.63) is 0 Å². The number of hydrogen-bond acceptors (Lipinski definition) is 1. The van der Waals surface area contributed by atoms with Gasteiger partial charge in [0.1, 0.15) is 0 Å². The molecule has 0 aliphatic carbocycles. The zero-order valence-corrected chi connectivity index (χ0v) is 22.7. The van der Waals surface area contributed by atoms with Crippen molar-refractivity contribution in [2.24, 2.45) is 5.92 Å². The Morgan fingerprint density at radius 2 is 0.710 bits per heavy atom. The zero-order valence-electron chi connectivity index (χ0n) is 22.7. The topological polar surface area (TPSA) is 3.24 Å². The number of nitrogens with zero attached hydrogens (tertiary/aromatic N) is 1. The molecule has 0 aromatic heterocycles. The molecule has 0 bridgehead atoms. The maximum Gasteiger partial charge on any atom is -0.00218 e. The molecule has 0 heterocycles. The summed E-state index contributed by atoms with van der Waals surface area (Å²) in [6.07, 6.45) is 33.3. The van der Waals surface area contributed by atoms with E-state index >= 15 is 0 Å². The summed E-state index contributed by atoms with van der Waals surface area (Å²) >= 11 is 0. The Kier molecular flexibility index (Phi) is 26.2. The molecule has 0 N–H and O–H groups in total. The van der Waals surface area contributed by atoms with Gasteiger partial charge < -0.3 is 4.90 Å². The van der Waals surface area contributed by atoms with Gasteiger partial charge in [-0.15, -0.1) is 0 Å². The van der Waals surface area contributed by atoms with Crippen molar-refractivity contribution in [2.45, 2.75) is 168 Å². The normalized spacial score (nSPS) is 12.7. The average Bonchev–Trinajstić information content (AvgIpc) is 2.76. The van der Waals surface area contributed by atoms with Gasteiger partial charge >= 0.3 is 0 Å². The van der Waals surface area contributed by atoms with Gasteiger partial charge in [-0.2, -0.15) is 0 Å². The highest BCUT2D eigenvalue weighted by molar-refractivity contribution is 4.58. The molecule has 0 amide bonds. The molecule has 0 radical (unpaired) electrons. The lowest BCUT2D eigenvalue weighted by atomic mass is 9.96. The third-order valence-corrected chi connectivity index (χ3v) is 7.18. The third kappa shape index (κ3) is 26.1. The van der Waals surface area contributed by atoms with Gasteiger partial charge in [0.2, 0.25) is 0 Å². The van der Waals surface area contributed by atoms with Gasteiger partial charge in [0.25, 0.3) is 0 Å². The van der Waals surface area contributed by atoms with Crippen molar-refractivity contribution in [3.63, 3.8) is 0 Å². The molecule has 0 saturated heterocycles. The van der Waals surface area contributed by atoms with E-state index in [1.165, 1.54) is 161 Å². The molecule has 0 rings (SSSR count). The maximum absolute atomic E-state index is 2.58. The predicted molar refractivity (Wildman–Crippen MR) is 144 cm³/mol. The molecule has 1 heteroatoms. The summed E-state index contributed by atoms with van der Waals surface area (Å²) in [6, 6.07) is 0. The summed E-state index contributed by atoms with van der Waals surface area (Å²) in [7, 11) is 2.33. The Hall–Kier alpha value is -0.0400. The predicted octanol–water partition coefficient (Wildman–Crippen LogP) is 10.6. The van der Waals surface area contributed by atoms with Crippen molar-refractivity contribution >= 4 is 0 Å². The van der Waals surface area contributed by atoms with E-state index < -0.39 is 0 Å². The Labute approximate surface area is 199 Å². The Morgan fingerprint density at radius 3 is 1.10 bits per heavy atom. The van der Waals surface area contributed by atoms with Crippen LogP contribution in [0.2, 0.25) is 0 Å². The van der Waals surface area contributed by atoms with Crippen molar-refractivity contribution in [1.29, 1.82) is 0 Å². The SMILES string of the molecule is CCCCCCCCCCCCCN(C)CCCCCC(C)CCCCCCCCC. The highest BCUT2D eigenvalue weighted by Crippen LogP contribution is 2.18. The molecule has 0 fully saturated rings. The summed E-state index contributed by atoms with van der Waals surface area (Å²) in [5.74, 6) is 0.949. The lowest BCUT2D eigenvalue weighted by Gasteiger charge is -2.17. The summed E-state index contributed by atoms with van der Waals surface area (Å²) in [4.78, 5) is 2.58. The molecule has 0 spiro atoms. The van der Waals surface area contributed by atoms with Gasteiger partial charge in [0.15, 0.2) is 0 Å². The lowest BCUT2D eigenvalue weighted by molar-refractivity contribution is 0.312. The van der Waals surface area contributed by atoms with Crippen molar-refractivity contribution < 1.29 is 0 Å². The van der Waals surface area contributed by atoms with Crippen LogP contribution in [-0.2, 0) is 0 Å². The molecular formula is C30H63N. The highest BCUT2D eigenvalue weighted by atomic mass is 15.1. The van der Waals surface area contributed by atoms with E-state index in [4.69, 9.17) is 0 Å². The van der Waals surface area contributed by atoms with Gasteiger partial charge in [-0.3, -0.25) is 0 Å². The molecular weight excluding hydrogens is 374 g/mol. The fraction of sp³-hybridized carbons (Fsp3) is 1.00. The third-order valence-electron chi connectivity index (χ3n) is 7.18. The van der Waals surface area contributed by atoms with Crippen LogP contribution in [-0.4, -0.2) is 25.0 Å². The largest absolute Gasteiger partial charge is 0.306 e. The van der Waals surface area contributed by atoms with E-state index in [1.807, 2.05) is 0 Å². The van der Waals surface area contributed by atoms with Gasteiger partial charge in [0.05, 0.1) is 0 Å². The van der Waals surface area contributed by atoms with Gasteiger partial charge in [-0.1, -0.05) is 156 Å². The second-order valence-electron chi connectivity index (χ2n) is 10.7. The van der Waals surface area contributed by atoms with Crippen LogP contribution in [0.1, 0.15) is 168 Å². The van der Waals surface area contributed by atoms with Crippen LogP contribution in [0.4, 0.5) is 0 Å². The van der Waals surface area contributed by atoms with Crippen molar-refractivity contribution in [2.75, 3.05) is 20.1 Å². The summed E-state index contributed by atoms with van der Waals surface area (Å²) in [5.41, 5.74) is 0. The van der Waals surface area contributed by atoms with Crippen LogP contribution in [0.5, 0.6) is 0 Å². The quantitative estimate of drug-likeness (QED) is 0.122. The summed E-state index contributed by atoms with van der Waals surface area (Å²) < 4.78 is 0. The molecule has 1 unspecified atom stereocenters. The van der Waals surface area contributed by atoms with Crippen LogP contribution in [0, 0.1) is 5.92 Å². The monoisotopic (exact) mass is 437 g/mol. The van der Waals surface area contributed by atoms with Crippen LogP contribution < -0.4 is 0 Å². The molecule has 0 aromatic rings. The maximum atomic E-state index is 2.58. The van der Waals surface area contributed by atoms with E-state index in [0.717, 1.165) is 5.92 Å². The zero-order chi connectivity index (χ0) is 22.8. The number of unbranched alkanes of at least 4 members (excludes halogenated alkanes) is 18. The van der Waals surface area contributed by atoms with Crippen LogP contribution in [0.3, 0.4) is 0 Å². The summed E-state index contributed by atoms with van der Waals surface area (Å²) in [6.45, 7) is 9.71. The molecule has 0 saturated carbocycles. The minimum atomic E-state index is 0.949. The van der Waals surface area contributed by atoms with Crippen LogP contribution in [0.15, 0.2) is 0 Å². The molecule has 1 atom stereocenters. The van der Waals surface area contributed by atoms with E-state index in [0.29, 0.717) is 0 Å². The number of rotatable bonds is 26. The summed E-state index contributed by atoms with van der Waals surface area (Å²) in [5, 5.41) is 0. The van der Waals surface area contributed by atoms with E-state index in [-0.39, 0.29) is 0 Å². The van der Waals surface area contributed by atoms with Crippen molar-refractivity contribution in [1.82, 2.24) is 4.90 Å². The van der Waals surface area contributed by atoms with Gasteiger partial charge in [-0.05, 0) is 38.9 Å². The Balaban J connectivity index is 3.25. The minimum Gasteiger partial charge on any atom is -0.306 e. The smallest absolute Gasteiger partial charge is 0.00218 e. The standard InChI is InChI=1S/C30H63N/c1-5-7-9-11-13-14-15-16-18-20-24-28-31(4)29-25-21-23-27-30(3)26-22-19-17-12-10-8-6-2/h30H,5-29H2,1-4H3. The minimum absolute atomic E-state index is 0.949. The molecule has 0 aromatic carbocycles. The molecule has 188 valence electrons. The van der Waals surface area contributed by atoms with E-state index in [1.54, 1.807) is 0 Å². The second-order valence-corrected chi connectivity index (χ2v) is 10.7. The molecule has 1 nitrogen and oxygen atoms in total. The highest BCUT2D eigenvalue weighted by Gasteiger charge is 2.03. The first-order valence-corrected chi connectivity index (χ1v) is 14.9. The van der Waals surface area contributed by atoms with Crippen LogP contribution in [0.25, 0.3) is 0 Å². The van der Waals surface area contributed by atoms with Crippen molar-refractivity contribution in [3.8, 4) is 0 Å². The fourth-order valence-corrected chi connectivity index (χ4v) is 4.80. The Bertz CT molecular complexity index is 314. The first kappa shape index (κ1) is 31.0. The lowest BCUT2D eigenvalue weighted by Crippen LogP contribution is -2.20.